The summed E-state index contributed by atoms with van der Waals surface area (Å²) in [6.07, 6.45) is 5.78. The van der Waals surface area contributed by atoms with Gasteiger partial charge in [0.1, 0.15) is 17.8 Å². The van der Waals surface area contributed by atoms with Crippen LogP contribution in [0.3, 0.4) is 0 Å². The summed E-state index contributed by atoms with van der Waals surface area (Å²) in [5, 5.41) is 10.4. The van der Waals surface area contributed by atoms with Gasteiger partial charge >= 0.3 is 0 Å². The molecule has 1 fully saturated rings. The summed E-state index contributed by atoms with van der Waals surface area (Å²) in [7, 11) is 0. The molecule has 3 aliphatic rings. The van der Waals surface area contributed by atoms with Crippen LogP contribution in [0.5, 0.6) is 0 Å². The number of H-pyrrole nitrogens is 1. The van der Waals surface area contributed by atoms with E-state index in [1.165, 1.54) is 5.56 Å². The fraction of sp³-hybridized carbons (Fsp3) is 0.450. The van der Waals surface area contributed by atoms with Crippen LogP contribution >= 0.6 is 0 Å². The van der Waals surface area contributed by atoms with Crippen molar-refractivity contribution in [3.05, 3.63) is 42.2 Å². The van der Waals surface area contributed by atoms with E-state index in [-0.39, 0.29) is 0 Å². The van der Waals surface area contributed by atoms with Gasteiger partial charge in [0, 0.05) is 31.7 Å². The highest BCUT2D eigenvalue weighted by atomic mass is 15.2. The topological polar surface area (TPSA) is 117 Å². The van der Waals surface area contributed by atoms with Crippen LogP contribution in [0.15, 0.2) is 36.7 Å². The number of fused-ring (bicyclic) bond motifs is 1. The van der Waals surface area contributed by atoms with Crippen molar-refractivity contribution in [2.24, 2.45) is 5.73 Å². The van der Waals surface area contributed by atoms with Gasteiger partial charge in [-0.05, 0) is 31.2 Å². The lowest BCUT2D eigenvalue weighted by Crippen LogP contribution is -2.33. The second-order valence-corrected chi connectivity index (χ2v) is 7.35. The molecule has 2 aliphatic heterocycles. The second-order valence-electron chi connectivity index (χ2n) is 7.35. The van der Waals surface area contributed by atoms with E-state index in [9.17, 15) is 0 Å². The third kappa shape index (κ3) is 4.76. The summed E-state index contributed by atoms with van der Waals surface area (Å²) >= 11 is 0. The van der Waals surface area contributed by atoms with Crippen LogP contribution in [0.1, 0.15) is 31.2 Å². The maximum atomic E-state index is 6.01. The number of imidazole rings is 1. The van der Waals surface area contributed by atoms with Gasteiger partial charge in [-0.2, -0.15) is 4.98 Å². The van der Waals surface area contributed by atoms with Crippen molar-refractivity contribution >= 4 is 11.8 Å². The zero-order valence-corrected chi connectivity index (χ0v) is 16.0. The third-order valence-corrected chi connectivity index (χ3v) is 5.16. The van der Waals surface area contributed by atoms with E-state index in [0.717, 1.165) is 62.8 Å². The molecule has 1 aromatic rings. The lowest BCUT2D eigenvalue weighted by atomic mass is 9.92. The Kier molecular flexibility index (Phi) is 5.98. The van der Waals surface area contributed by atoms with Gasteiger partial charge < -0.3 is 26.7 Å². The van der Waals surface area contributed by atoms with Gasteiger partial charge in [-0.15, -0.1) is 0 Å². The largest absolute Gasteiger partial charge is 0.368 e. The van der Waals surface area contributed by atoms with E-state index in [1.54, 1.807) is 6.33 Å². The van der Waals surface area contributed by atoms with E-state index < -0.39 is 0 Å². The molecule has 0 radical (unpaired) electrons. The molecule has 0 atom stereocenters. The van der Waals surface area contributed by atoms with Crippen LogP contribution in [0, 0.1) is 0 Å². The van der Waals surface area contributed by atoms with Gasteiger partial charge in [0.05, 0.1) is 0 Å². The molecule has 0 aromatic heterocycles. The van der Waals surface area contributed by atoms with Crippen LogP contribution in [-0.4, -0.2) is 45.1 Å². The number of hydrogen-bond donors (Lipinski definition) is 5. The van der Waals surface area contributed by atoms with E-state index in [1.807, 2.05) is 6.07 Å². The predicted molar refractivity (Wildman–Crippen MR) is 111 cm³/mol. The number of anilines is 2. The minimum atomic E-state index is 0.332. The van der Waals surface area contributed by atoms with Crippen LogP contribution in [0.4, 0.5) is 11.8 Å². The minimum Gasteiger partial charge on any atom is -0.368 e. The SMILES string of the molecule is N[C@H]1CC[C@H](Nc2nc3ncnc-3c(NCCNCc3ccccc3)[nH]2)CC1. The molecule has 28 heavy (non-hydrogen) atoms. The molecule has 1 aliphatic carbocycles. The number of benzene rings is 1. The molecule has 0 bridgehead atoms. The van der Waals surface area contributed by atoms with Crippen molar-refractivity contribution in [2.45, 2.75) is 44.3 Å². The highest BCUT2D eigenvalue weighted by Gasteiger charge is 2.21. The Morgan fingerprint density at radius 2 is 1.86 bits per heavy atom. The quantitative estimate of drug-likeness (QED) is 0.380. The zero-order valence-electron chi connectivity index (χ0n) is 16.0. The molecule has 0 spiro atoms. The van der Waals surface area contributed by atoms with Crippen molar-refractivity contribution in [3.8, 4) is 11.5 Å². The number of nitrogens with one attached hydrogen (secondary N) is 4. The number of nitrogens with zero attached hydrogens (tertiary/aromatic N) is 3. The third-order valence-electron chi connectivity index (χ3n) is 5.16. The summed E-state index contributed by atoms with van der Waals surface area (Å²) in [5.41, 5.74) is 8.05. The molecule has 4 rings (SSSR count). The first kappa shape index (κ1) is 18.6. The van der Waals surface area contributed by atoms with Crippen molar-refractivity contribution < 1.29 is 0 Å². The van der Waals surface area contributed by atoms with Crippen molar-refractivity contribution in [3.63, 3.8) is 0 Å². The first-order valence-electron chi connectivity index (χ1n) is 9.99. The Labute approximate surface area is 165 Å². The standard InChI is InChI=1S/C20H28N8/c21-15-6-8-16(9-7-15)26-20-27-18(17-19(28-20)25-13-24-17)23-11-10-22-12-14-4-2-1-3-5-14/h1-5,13,15-16,22H,6-12,21H2,(H3,23,24,25,26,27,28)/t15-,16-. The van der Waals surface area contributed by atoms with Gasteiger partial charge in [-0.25, -0.2) is 9.97 Å². The molecule has 6 N–H and O–H groups in total. The Morgan fingerprint density at radius 3 is 2.68 bits per heavy atom. The van der Waals surface area contributed by atoms with Gasteiger partial charge in [-0.1, -0.05) is 30.3 Å². The highest BCUT2D eigenvalue weighted by Crippen LogP contribution is 2.26. The number of rotatable bonds is 8. The van der Waals surface area contributed by atoms with Crippen molar-refractivity contribution in [2.75, 3.05) is 23.7 Å². The first-order valence-corrected chi connectivity index (χ1v) is 9.99. The fourth-order valence-electron chi connectivity index (χ4n) is 3.59. The van der Waals surface area contributed by atoms with Crippen LogP contribution in [0.2, 0.25) is 0 Å². The summed E-state index contributed by atoms with van der Waals surface area (Å²) in [6, 6.07) is 11.1. The molecule has 0 saturated heterocycles. The predicted octanol–water partition coefficient (Wildman–Crippen LogP) is 2.19. The number of nitrogens with two attached hydrogens (primary N) is 1. The second kappa shape index (κ2) is 8.99. The molecule has 1 aromatic carbocycles. The Hall–Kier alpha value is -2.71. The molecule has 0 amide bonds. The average molecular weight is 381 g/mol. The molecule has 1 saturated carbocycles. The Balaban J connectivity index is 1.33. The van der Waals surface area contributed by atoms with Gasteiger partial charge in [0.2, 0.25) is 5.95 Å². The molecule has 148 valence electrons. The summed E-state index contributed by atoms with van der Waals surface area (Å²) < 4.78 is 0. The van der Waals surface area contributed by atoms with Gasteiger partial charge in [0.15, 0.2) is 5.82 Å². The number of aromatic amines is 1. The minimum absolute atomic E-state index is 0.332. The molecule has 2 heterocycles. The Bertz CT molecular complexity index is 825. The van der Waals surface area contributed by atoms with Crippen LogP contribution in [-0.2, 0) is 6.54 Å². The fourth-order valence-corrected chi connectivity index (χ4v) is 3.59. The monoisotopic (exact) mass is 380 g/mol. The number of hydrogen-bond acceptors (Lipinski definition) is 7. The van der Waals surface area contributed by atoms with E-state index >= 15 is 0 Å². The van der Waals surface area contributed by atoms with E-state index in [0.29, 0.717) is 17.9 Å². The number of aromatic nitrogens is 4. The lowest BCUT2D eigenvalue weighted by Gasteiger charge is -2.27. The summed E-state index contributed by atoms with van der Waals surface area (Å²) in [4.78, 5) is 16.5. The van der Waals surface area contributed by atoms with E-state index in [4.69, 9.17) is 5.73 Å². The van der Waals surface area contributed by atoms with Crippen molar-refractivity contribution in [1.82, 2.24) is 25.3 Å². The van der Waals surface area contributed by atoms with Gasteiger partial charge in [-0.3, -0.25) is 0 Å². The van der Waals surface area contributed by atoms with Crippen molar-refractivity contribution in [1.29, 1.82) is 0 Å². The van der Waals surface area contributed by atoms with Crippen LogP contribution < -0.4 is 21.7 Å². The smallest absolute Gasteiger partial charge is 0.204 e. The molecule has 0 unspecified atom stereocenters. The maximum absolute atomic E-state index is 6.01. The molecular formula is C20H28N8. The molecule has 8 nitrogen and oxygen atoms in total. The van der Waals surface area contributed by atoms with Crippen LogP contribution in [0.25, 0.3) is 11.5 Å². The Morgan fingerprint density at radius 1 is 1.04 bits per heavy atom. The average Bonchev–Trinajstić information content (AvgIpc) is 3.19. The lowest BCUT2D eigenvalue weighted by molar-refractivity contribution is 0.410. The summed E-state index contributed by atoms with van der Waals surface area (Å²) in [5.74, 6) is 2.22. The normalized spacial score (nSPS) is 19.6. The zero-order chi connectivity index (χ0) is 19.2. The molecule has 8 heteroatoms. The highest BCUT2D eigenvalue weighted by molar-refractivity contribution is 5.68. The molecular weight excluding hydrogens is 352 g/mol. The summed E-state index contributed by atoms with van der Waals surface area (Å²) in [6.45, 7) is 2.46. The van der Waals surface area contributed by atoms with E-state index in [2.05, 4.69) is 60.2 Å². The first-order chi connectivity index (χ1) is 13.8. The maximum Gasteiger partial charge on any atom is 0.204 e. The van der Waals surface area contributed by atoms with Gasteiger partial charge in [0.25, 0.3) is 0 Å².